The maximum atomic E-state index is 6.84. The van der Waals surface area contributed by atoms with Crippen molar-refractivity contribution >= 4 is 28.3 Å². The molecule has 0 aromatic rings. The van der Waals surface area contributed by atoms with Gasteiger partial charge in [0, 0.05) is 5.79 Å². The van der Waals surface area contributed by atoms with E-state index in [1.807, 2.05) is 0 Å². The summed E-state index contributed by atoms with van der Waals surface area (Å²) in [6.07, 6.45) is 0. The molecular formula is C11H31ClN4Si2. The molecule has 0 N–H and O–H groups in total. The van der Waals surface area contributed by atoms with Crippen LogP contribution < -0.4 is 0 Å². The summed E-state index contributed by atoms with van der Waals surface area (Å²) in [7, 11) is 15.0. The Labute approximate surface area is 122 Å². The van der Waals surface area contributed by atoms with Crippen LogP contribution in [0.5, 0.6) is 0 Å². The van der Waals surface area contributed by atoms with Gasteiger partial charge in [0.15, 0.2) is 0 Å². The molecule has 0 fully saturated rings. The molecule has 0 radical (unpaired) electrons. The number of hydrogen-bond acceptors (Lipinski definition) is 4. The Kier molecular flexibility index (Phi) is 8.24. The minimum absolute atomic E-state index is 0.165. The van der Waals surface area contributed by atoms with Crippen molar-refractivity contribution in [3.05, 3.63) is 0 Å². The van der Waals surface area contributed by atoms with Gasteiger partial charge in [0.2, 0.25) is 0 Å². The van der Waals surface area contributed by atoms with Crippen LogP contribution in [-0.2, 0) is 0 Å². The van der Waals surface area contributed by atoms with Crippen molar-refractivity contribution in [2.45, 2.75) is 17.9 Å². The zero-order chi connectivity index (χ0) is 14.5. The zero-order valence-electron chi connectivity index (χ0n) is 13.4. The van der Waals surface area contributed by atoms with E-state index in [0.29, 0.717) is 5.79 Å². The molecule has 0 unspecified atom stereocenters. The number of hydrogen-bond donors (Lipinski definition) is 0. The van der Waals surface area contributed by atoms with E-state index in [0.717, 1.165) is 6.04 Å². The molecule has 0 rings (SSSR count). The van der Waals surface area contributed by atoms with Crippen LogP contribution in [0.3, 0.4) is 0 Å². The second kappa shape index (κ2) is 7.99. The molecule has 110 valence electrons. The first-order valence-corrected chi connectivity index (χ1v) is 11.4. The van der Waals surface area contributed by atoms with E-state index in [2.05, 4.69) is 75.3 Å². The first kappa shape index (κ1) is 18.6. The standard InChI is InChI=1S/C11H31ClN4Si2/c1-13(2)11(14(3)4)17-9-10-18(12,15(5)6)16(7)8/h11H,9-10,17H2,1-8H3. The largest absolute Gasteiger partial charge is 0.306 e. The molecule has 4 nitrogen and oxygen atoms in total. The SMILES string of the molecule is CN(C)C([SiH2]CC[Si](Cl)(N(C)C)N(C)C)N(C)C. The Morgan fingerprint density at radius 3 is 1.56 bits per heavy atom. The van der Waals surface area contributed by atoms with E-state index in [-0.39, 0.29) is 9.52 Å². The highest BCUT2D eigenvalue weighted by atomic mass is 35.6. The van der Waals surface area contributed by atoms with Gasteiger partial charge in [-0.05, 0) is 62.4 Å². The fraction of sp³-hybridized carbons (Fsp3) is 1.00. The number of halogens is 1. The van der Waals surface area contributed by atoms with Crippen LogP contribution >= 0.6 is 11.1 Å². The predicted octanol–water partition coefficient (Wildman–Crippen LogP) is 0.281. The van der Waals surface area contributed by atoms with Crippen LogP contribution in [0.25, 0.3) is 0 Å². The molecule has 0 aromatic heterocycles. The monoisotopic (exact) mass is 310 g/mol. The second-order valence-corrected chi connectivity index (χ2v) is 13.4. The topological polar surface area (TPSA) is 13.0 Å². The normalized spacial score (nSPS) is 14.3. The number of rotatable bonds is 8. The fourth-order valence-corrected chi connectivity index (χ4v) is 9.25. The second-order valence-electron chi connectivity index (χ2n) is 5.81. The van der Waals surface area contributed by atoms with Crippen LogP contribution in [0.4, 0.5) is 0 Å². The highest BCUT2D eigenvalue weighted by Crippen LogP contribution is 2.22. The summed E-state index contributed by atoms with van der Waals surface area (Å²) >= 11 is 6.84. The Morgan fingerprint density at radius 2 is 1.28 bits per heavy atom. The smallest absolute Gasteiger partial charge is 0.305 e. The van der Waals surface area contributed by atoms with E-state index >= 15 is 0 Å². The third-order valence-electron chi connectivity index (χ3n) is 3.52. The maximum Gasteiger partial charge on any atom is 0.306 e. The molecule has 0 spiro atoms. The van der Waals surface area contributed by atoms with Gasteiger partial charge < -0.3 is 9.13 Å². The van der Waals surface area contributed by atoms with Gasteiger partial charge in [-0.15, -0.1) is 11.1 Å². The van der Waals surface area contributed by atoms with Crippen LogP contribution in [-0.4, -0.2) is 98.3 Å². The molecular weight excluding hydrogens is 280 g/mol. The lowest BCUT2D eigenvalue weighted by Gasteiger charge is -2.37. The van der Waals surface area contributed by atoms with E-state index in [9.17, 15) is 0 Å². The van der Waals surface area contributed by atoms with Crippen molar-refractivity contribution < 1.29 is 0 Å². The fourth-order valence-electron chi connectivity index (χ4n) is 2.34. The molecule has 0 saturated heterocycles. The van der Waals surface area contributed by atoms with Gasteiger partial charge in [-0.25, -0.2) is 0 Å². The molecule has 7 heteroatoms. The molecule has 0 aliphatic carbocycles. The van der Waals surface area contributed by atoms with Crippen LogP contribution in [0.15, 0.2) is 0 Å². The summed E-state index contributed by atoms with van der Waals surface area (Å²) < 4.78 is 4.48. The molecule has 18 heavy (non-hydrogen) atoms. The van der Waals surface area contributed by atoms with E-state index < -0.39 is 7.71 Å². The maximum absolute atomic E-state index is 6.84. The molecule has 0 aliphatic heterocycles. The number of nitrogens with zero attached hydrogens (tertiary/aromatic N) is 4. The average Bonchev–Trinajstić information content (AvgIpc) is 2.21. The van der Waals surface area contributed by atoms with Gasteiger partial charge in [0.25, 0.3) is 0 Å². The molecule has 0 heterocycles. The quantitative estimate of drug-likeness (QED) is 0.363. The Hall–Kier alpha value is 0.564. The molecule has 0 atom stereocenters. The molecule has 0 amide bonds. The Balaban J connectivity index is 4.38. The summed E-state index contributed by atoms with van der Waals surface area (Å²) in [4.78, 5) is 4.66. The van der Waals surface area contributed by atoms with E-state index in [1.165, 1.54) is 6.04 Å². The van der Waals surface area contributed by atoms with Crippen molar-refractivity contribution in [2.24, 2.45) is 0 Å². The highest BCUT2D eigenvalue weighted by molar-refractivity contribution is 7.17. The minimum Gasteiger partial charge on any atom is -0.305 e. The highest BCUT2D eigenvalue weighted by Gasteiger charge is 2.37. The Bertz CT molecular complexity index is 221. The summed E-state index contributed by atoms with van der Waals surface area (Å²) in [5.74, 6) is 0.629. The first-order valence-electron chi connectivity index (χ1n) is 6.49. The lowest BCUT2D eigenvalue weighted by molar-refractivity contribution is 0.200. The zero-order valence-corrected chi connectivity index (χ0v) is 16.5. The molecule has 0 aromatic carbocycles. The van der Waals surface area contributed by atoms with Gasteiger partial charge >= 0.3 is 7.71 Å². The summed E-state index contributed by atoms with van der Waals surface area (Å²) in [5, 5.41) is 0. The van der Waals surface area contributed by atoms with Crippen LogP contribution in [0.1, 0.15) is 0 Å². The average molecular weight is 311 g/mol. The lowest BCUT2D eigenvalue weighted by atomic mass is 10.8. The molecule has 0 saturated carbocycles. The van der Waals surface area contributed by atoms with Crippen LogP contribution in [0, 0.1) is 0 Å². The summed E-state index contributed by atoms with van der Waals surface area (Å²) in [6, 6.07) is 2.45. The third kappa shape index (κ3) is 5.28. The van der Waals surface area contributed by atoms with Crippen molar-refractivity contribution in [3.8, 4) is 0 Å². The van der Waals surface area contributed by atoms with Crippen molar-refractivity contribution in [1.82, 2.24) is 18.9 Å². The first-order chi connectivity index (χ1) is 8.12. The van der Waals surface area contributed by atoms with Gasteiger partial charge in [0.1, 0.15) is 0 Å². The van der Waals surface area contributed by atoms with E-state index in [4.69, 9.17) is 11.1 Å². The lowest BCUT2D eigenvalue weighted by Crippen LogP contribution is -2.56. The van der Waals surface area contributed by atoms with Gasteiger partial charge in [-0.1, -0.05) is 6.04 Å². The Morgan fingerprint density at radius 1 is 0.889 bits per heavy atom. The summed E-state index contributed by atoms with van der Waals surface area (Å²) in [5.41, 5.74) is 0. The summed E-state index contributed by atoms with van der Waals surface area (Å²) in [6.45, 7) is 0. The predicted molar refractivity (Wildman–Crippen MR) is 88.3 cm³/mol. The van der Waals surface area contributed by atoms with Crippen molar-refractivity contribution in [1.29, 1.82) is 0 Å². The molecule has 0 bridgehead atoms. The van der Waals surface area contributed by atoms with Crippen molar-refractivity contribution in [3.63, 3.8) is 0 Å². The van der Waals surface area contributed by atoms with Crippen molar-refractivity contribution in [2.75, 3.05) is 56.4 Å². The molecule has 0 aliphatic rings. The van der Waals surface area contributed by atoms with Gasteiger partial charge in [0.05, 0.1) is 9.52 Å². The van der Waals surface area contributed by atoms with E-state index in [1.54, 1.807) is 0 Å². The van der Waals surface area contributed by atoms with Crippen LogP contribution in [0.2, 0.25) is 12.1 Å². The van der Waals surface area contributed by atoms with Gasteiger partial charge in [-0.2, -0.15) is 0 Å². The minimum atomic E-state index is -1.90. The third-order valence-corrected chi connectivity index (χ3v) is 13.3. The van der Waals surface area contributed by atoms with Gasteiger partial charge in [-0.3, -0.25) is 9.80 Å².